The summed E-state index contributed by atoms with van der Waals surface area (Å²) in [5.41, 5.74) is 2.13. The number of benzene rings is 3. The van der Waals surface area contributed by atoms with Gasteiger partial charge in [0.15, 0.2) is 11.5 Å². The van der Waals surface area contributed by atoms with E-state index in [0.29, 0.717) is 17.2 Å². The van der Waals surface area contributed by atoms with E-state index in [0.717, 1.165) is 11.1 Å². The van der Waals surface area contributed by atoms with E-state index in [1.54, 1.807) is 21.3 Å². The quantitative estimate of drug-likeness (QED) is 0.617. The van der Waals surface area contributed by atoms with E-state index < -0.39 is 0 Å². The van der Waals surface area contributed by atoms with E-state index in [1.807, 2.05) is 24.3 Å². The second-order valence-corrected chi connectivity index (χ2v) is 5.40. The van der Waals surface area contributed by atoms with E-state index >= 15 is 0 Å². The van der Waals surface area contributed by atoms with Gasteiger partial charge in [0, 0.05) is 0 Å². The lowest BCUT2D eigenvalue weighted by atomic mass is 10.1. The molecule has 24 heavy (non-hydrogen) atoms. The van der Waals surface area contributed by atoms with Crippen LogP contribution in [0.4, 0.5) is 0 Å². The lowest BCUT2D eigenvalue weighted by molar-refractivity contribution is 0.324. The predicted molar refractivity (Wildman–Crippen MR) is 99.0 cm³/mol. The van der Waals surface area contributed by atoms with Crippen LogP contribution >= 0.6 is 0 Å². The van der Waals surface area contributed by atoms with Crippen LogP contribution < -0.4 is 14.2 Å². The van der Waals surface area contributed by atoms with Crippen molar-refractivity contribution < 1.29 is 14.2 Å². The second kappa shape index (κ2) is 7.09. The predicted octanol–water partition coefficient (Wildman–Crippen LogP) is 5.04. The molecule has 0 aliphatic rings. The maximum absolute atomic E-state index is 5.39. The average molecular weight is 320 g/mol. The van der Waals surface area contributed by atoms with Crippen LogP contribution in [0.5, 0.6) is 17.2 Å². The average Bonchev–Trinajstić information content (AvgIpc) is 2.65. The summed E-state index contributed by atoms with van der Waals surface area (Å²) in [5, 5.41) is 2.46. The second-order valence-electron chi connectivity index (χ2n) is 5.40. The largest absolute Gasteiger partial charge is 0.493 e. The summed E-state index contributed by atoms with van der Waals surface area (Å²) in [6, 6.07) is 18.6. The van der Waals surface area contributed by atoms with Crippen LogP contribution in [-0.2, 0) is 0 Å². The highest BCUT2D eigenvalue weighted by Gasteiger charge is 2.11. The lowest BCUT2D eigenvalue weighted by Crippen LogP contribution is -1.95. The smallest absolute Gasteiger partial charge is 0.203 e. The molecule has 0 heterocycles. The molecule has 0 saturated heterocycles. The summed E-state index contributed by atoms with van der Waals surface area (Å²) >= 11 is 0. The zero-order valence-corrected chi connectivity index (χ0v) is 14.1. The summed E-state index contributed by atoms with van der Waals surface area (Å²) in [6.07, 6.45) is 4.11. The van der Waals surface area contributed by atoms with Gasteiger partial charge in [0.2, 0.25) is 5.75 Å². The van der Waals surface area contributed by atoms with E-state index in [4.69, 9.17) is 14.2 Å². The molecule has 0 atom stereocenters. The van der Waals surface area contributed by atoms with Crippen LogP contribution in [0.15, 0.2) is 54.6 Å². The SMILES string of the molecule is COc1cc(/C=C\c2ccc3ccccc3c2)cc(OC)c1OC. The first kappa shape index (κ1) is 15.9. The molecule has 0 radical (unpaired) electrons. The zero-order valence-electron chi connectivity index (χ0n) is 14.1. The fourth-order valence-electron chi connectivity index (χ4n) is 2.70. The Labute approximate surface area is 142 Å². The fraction of sp³-hybridized carbons (Fsp3) is 0.143. The minimum absolute atomic E-state index is 0.600. The molecule has 0 spiro atoms. The number of hydrogen-bond donors (Lipinski definition) is 0. The van der Waals surface area contributed by atoms with Gasteiger partial charge in [-0.3, -0.25) is 0 Å². The number of hydrogen-bond acceptors (Lipinski definition) is 3. The topological polar surface area (TPSA) is 27.7 Å². The Hall–Kier alpha value is -2.94. The molecular weight excluding hydrogens is 300 g/mol. The summed E-state index contributed by atoms with van der Waals surface area (Å²) in [5.74, 6) is 1.90. The molecule has 0 fully saturated rings. The minimum atomic E-state index is 0.600. The first-order valence-electron chi connectivity index (χ1n) is 7.72. The lowest BCUT2D eigenvalue weighted by Gasteiger charge is -2.12. The van der Waals surface area contributed by atoms with Gasteiger partial charge in [0.25, 0.3) is 0 Å². The Balaban J connectivity index is 1.95. The molecule has 0 amide bonds. The third-order valence-electron chi connectivity index (χ3n) is 3.93. The summed E-state index contributed by atoms with van der Waals surface area (Å²) in [4.78, 5) is 0. The van der Waals surface area contributed by atoms with Gasteiger partial charge in [-0.1, -0.05) is 48.6 Å². The van der Waals surface area contributed by atoms with Crippen molar-refractivity contribution in [2.24, 2.45) is 0 Å². The molecule has 3 heteroatoms. The van der Waals surface area contributed by atoms with Crippen molar-refractivity contribution in [3.63, 3.8) is 0 Å². The Bertz CT molecular complexity index is 856. The Kier molecular flexibility index (Phi) is 4.71. The maximum atomic E-state index is 5.39. The molecular formula is C21H20O3. The van der Waals surface area contributed by atoms with Gasteiger partial charge in [-0.2, -0.15) is 0 Å². The van der Waals surface area contributed by atoms with Gasteiger partial charge in [0.1, 0.15) is 0 Å². The molecule has 0 N–H and O–H groups in total. The third-order valence-corrected chi connectivity index (χ3v) is 3.93. The molecule has 0 aliphatic carbocycles. The van der Waals surface area contributed by atoms with Gasteiger partial charge in [-0.25, -0.2) is 0 Å². The number of methoxy groups -OCH3 is 3. The number of ether oxygens (including phenoxy) is 3. The standard InChI is InChI=1S/C21H20O3/c1-22-19-13-16(14-20(23-2)21(19)24-3)9-8-15-10-11-17-6-4-5-7-18(17)12-15/h4-14H,1-3H3/b9-8-. The van der Waals surface area contributed by atoms with Crippen molar-refractivity contribution in [2.75, 3.05) is 21.3 Å². The third kappa shape index (κ3) is 3.20. The van der Waals surface area contributed by atoms with Gasteiger partial charge in [-0.05, 0) is 40.1 Å². The molecule has 3 nitrogen and oxygen atoms in total. The highest BCUT2D eigenvalue weighted by Crippen LogP contribution is 2.38. The van der Waals surface area contributed by atoms with Gasteiger partial charge < -0.3 is 14.2 Å². The van der Waals surface area contributed by atoms with Gasteiger partial charge >= 0.3 is 0 Å². The highest BCUT2D eigenvalue weighted by atomic mass is 16.5. The molecule has 0 aromatic heterocycles. The van der Waals surface area contributed by atoms with E-state index in [2.05, 4.69) is 42.5 Å². The zero-order chi connectivity index (χ0) is 16.9. The molecule has 0 bridgehead atoms. The van der Waals surface area contributed by atoms with Crippen molar-refractivity contribution in [1.82, 2.24) is 0 Å². The van der Waals surface area contributed by atoms with Gasteiger partial charge in [-0.15, -0.1) is 0 Å². The number of rotatable bonds is 5. The first-order chi connectivity index (χ1) is 11.7. The van der Waals surface area contributed by atoms with Crippen molar-refractivity contribution in [1.29, 1.82) is 0 Å². The molecule has 3 aromatic rings. The molecule has 3 aromatic carbocycles. The normalized spacial score (nSPS) is 11.0. The number of fused-ring (bicyclic) bond motifs is 1. The van der Waals surface area contributed by atoms with Crippen LogP contribution in [0.3, 0.4) is 0 Å². The van der Waals surface area contributed by atoms with E-state index in [-0.39, 0.29) is 0 Å². The highest BCUT2D eigenvalue weighted by molar-refractivity contribution is 5.86. The van der Waals surface area contributed by atoms with Gasteiger partial charge in [0.05, 0.1) is 21.3 Å². The molecule has 122 valence electrons. The molecule has 0 aliphatic heterocycles. The Morgan fingerprint density at radius 3 is 1.88 bits per heavy atom. The van der Waals surface area contributed by atoms with Crippen molar-refractivity contribution in [3.8, 4) is 17.2 Å². The summed E-state index contributed by atoms with van der Waals surface area (Å²) < 4.78 is 16.1. The molecule has 0 unspecified atom stereocenters. The maximum Gasteiger partial charge on any atom is 0.203 e. The Morgan fingerprint density at radius 1 is 0.625 bits per heavy atom. The summed E-state index contributed by atoms with van der Waals surface area (Å²) in [6.45, 7) is 0. The minimum Gasteiger partial charge on any atom is -0.493 e. The van der Waals surface area contributed by atoms with E-state index in [9.17, 15) is 0 Å². The van der Waals surface area contributed by atoms with Crippen molar-refractivity contribution >= 4 is 22.9 Å². The van der Waals surface area contributed by atoms with Crippen molar-refractivity contribution in [3.05, 3.63) is 65.7 Å². The van der Waals surface area contributed by atoms with Crippen LogP contribution in [-0.4, -0.2) is 21.3 Å². The Morgan fingerprint density at radius 2 is 1.25 bits per heavy atom. The monoisotopic (exact) mass is 320 g/mol. The van der Waals surface area contributed by atoms with Crippen molar-refractivity contribution in [2.45, 2.75) is 0 Å². The molecule has 3 rings (SSSR count). The van der Waals surface area contributed by atoms with Crippen LogP contribution in [0.1, 0.15) is 11.1 Å². The first-order valence-corrected chi connectivity index (χ1v) is 7.72. The van der Waals surface area contributed by atoms with Crippen LogP contribution in [0.2, 0.25) is 0 Å². The van der Waals surface area contributed by atoms with Crippen LogP contribution in [0, 0.1) is 0 Å². The van der Waals surface area contributed by atoms with E-state index in [1.165, 1.54) is 10.8 Å². The molecule has 0 saturated carbocycles. The van der Waals surface area contributed by atoms with Crippen LogP contribution in [0.25, 0.3) is 22.9 Å². The summed E-state index contributed by atoms with van der Waals surface area (Å²) in [7, 11) is 4.84. The fourth-order valence-corrected chi connectivity index (χ4v) is 2.70.